The second-order valence-corrected chi connectivity index (χ2v) is 5.05. The van der Waals surface area contributed by atoms with Gasteiger partial charge in [-0.25, -0.2) is 4.79 Å². The summed E-state index contributed by atoms with van der Waals surface area (Å²) < 4.78 is 59.0. The predicted octanol–water partition coefficient (Wildman–Crippen LogP) is 2.73. The van der Waals surface area contributed by atoms with Gasteiger partial charge in [0.25, 0.3) is 5.60 Å². The number of hydrogen-bond acceptors (Lipinski definition) is 5. The van der Waals surface area contributed by atoms with Crippen molar-refractivity contribution in [2.75, 3.05) is 33.5 Å². The SMILES string of the molecule is COCCOCCO[C@](C)(C(=O)OCc1ccccc1)C(F)(F)F. The molecule has 0 radical (unpaired) electrons. The number of hydrogen-bond donors (Lipinski definition) is 0. The van der Waals surface area contributed by atoms with Crippen molar-refractivity contribution in [3.63, 3.8) is 0 Å². The molecule has 8 heteroatoms. The van der Waals surface area contributed by atoms with Crippen LogP contribution in [0.2, 0.25) is 0 Å². The minimum absolute atomic E-state index is 0.0962. The summed E-state index contributed by atoms with van der Waals surface area (Å²) in [5.74, 6) is -1.49. The third kappa shape index (κ3) is 6.10. The first-order valence-corrected chi connectivity index (χ1v) is 7.30. The Bertz CT molecular complexity index is 492. The molecule has 136 valence electrons. The summed E-state index contributed by atoms with van der Waals surface area (Å²) in [5, 5.41) is 0. The molecule has 0 aliphatic carbocycles. The second kappa shape index (κ2) is 9.61. The van der Waals surface area contributed by atoms with Gasteiger partial charge in [0.1, 0.15) is 6.61 Å². The van der Waals surface area contributed by atoms with Gasteiger partial charge in [-0.2, -0.15) is 13.2 Å². The molecule has 0 N–H and O–H groups in total. The number of benzene rings is 1. The Morgan fingerprint density at radius 3 is 2.25 bits per heavy atom. The molecule has 0 saturated carbocycles. The highest BCUT2D eigenvalue weighted by molar-refractivity contribution is 5.80. The van der Waals surface area contributed by atoms with E-state index in [0.29, 0.717) is 19.1 Å². The maximum Gasteiger partial charge on any atom is 0.428 e. The molecule has 0 heterocycles. The van der Waals surface area contributed by atoms with Gasteiger partial charge in [0.2, 0.25) is 0 Å². The average Bonchev–Trinajstić information content (AvgIpc) is 2.55. The number of alkyl halides is 3. The fraction of sp³-hybridized carbons (Fsp3) is 0.562. The maximum atomic E-state index is 13.2. The van der Waals surface area contributed by atoms with Crippen LogP contribution in [-0.4, -0.2) is 51.3 Å². The van der Waals surface area contributed by atoms with E-state index in [1.165, 1.54) is 7.11 Å². The lowest BCUT2D eigenvalue weighted by molar-refractivity contribution is -0.273. The number of ether oxygens (including phenoxy) is 4. The first kappa shape index (κ1) is 20.4. The summed E-state index contributed by atoms with van der Waals surface area (Å²) in [6.07, 6.45) is -4.91. The normalized spacial score (nSPS) is 14.2. The molecule has 1 aromatic rings. The Kier molecular flexibility index (Phi) is 8.17. The molecule has 0 bridgehead atoms. The van der Waals surface area contributed by atoms with Gasteiger partial charge < -0.3 is 18.9 Å². The zero-order valence-electron chi connectivity index (χ0n) is 13.6. The molecule has 0 fully saturated rings. The number of rotatable bonds is 10. The van der Waals surface area contributed by atoms with Crippen molar-refractivity contribution in [1.29, 1.82) is 0 Å². The number of esters is 1. The van der Waals surface area contributed by atoms with Crippen molar-refractivity contribution in [1.82, 2.24) is 0 Å². The molecule has 24 heavy (non-hydrogen) atoms. The standard InChI is InChI=1S/C16H21F3O5/c1-15(16(17,18)19,24-11-10-22-9-8-21-2)14(20)23-12-13-6-4-3-5-7-13/h3-7H,8-12H2,1-2H3/t15-/m1/s1. The van der Waals surface area contributed by atoms with Crippen LogP contribution in [0.25, 0.3) is 0 Å². The van der Waals surface area contributed by atoms with E-state index in [0.717, 1.165) is 0 Å². The Balaban J connectivity index is 2.57. The summed E-state index contributed by atoms with van der Waals surface area (Å²) in [6, 6.07) is 8.42. The Morgan fingerprint density at radius 2 is 1.67 bits per heavy atom. The van der Waals surface area contributed by atoms with Crippen LogP contribution in [0, 0.1) is 0 Å². The van der Waals surface area contributed by atoms with Gasteiger partial charge >= 0.3 is 12.1 Å². The van der Waals surface area contributed by atoms with E-state index in [9.17, 15) is 18.0 Å². The summed E-state index contributed by atoms with van der Waals surface area (Å²) in [7, 11) is 1.48. The Hall–Kier alpha value is -1.64. The van der Waals surface area contributed by atoms with Crippen LogP contribution in [0.15, 0.2) is 30.3 Å². The van der Waals surface area contributed by atoms with E-state index in [4.69, 9.17) is 18.9 Å². The predicted molar refractivity (Wildman–Crippen MR) is 79.3 cm³/mol. The van der Waals surface area contributed by atoms with E-state index in [-0.39, 0.29) is 19.8 Å². The van der Waals surface area contributed by atoms with E-state index in [2.05, 4.69) is 0 Å². The summed E-state index contributed by atoms with van der Waals surface area (Å²) >= 11 is 0. The van der Waals surface area contributed by atoms with Crippen molar-refractivity contribution < 1.29 is 36.9 Å². The lowest BCUT2D eigenvalue weighted by atomic mass is 10.1. The topological polar surface area (TPSA) is 54.0 Å². The quantitative estimate of drug-likeness (QED) is 0.480. The van der Waals surface area contributed by atoms with E-state index in [1.54, 1.807) is 30.3 Å². The smallest absolute Gasteiger partial charge is 0.428 e. The summed E-state index contributed by atoms with van der Waals surface area (Å²) in [6.45, 7) is 0.423. The van der Waals surface area contributed by atoms with Crippen LogP contribution in [0.3, 0.4) is 0 Å². The third-order valence-electron chi connectivity index (χ3n) is 3.19. The van der Waals surface area contributed by atoms with Crippen molar-refractivity contribution in [3.8, 4) is 0 Å². The third-order valence-corrected chi connectivity index (χ3v) is 3.19. The monoisotopic (exact) mass is 350 g/mol. The van der Waals surface area contributed by atoms with Crippen LogP contribution in [-0.2, 0) is 30.3 Å². The van der Waals surface area contributed by atoms with Gasteiger partial charge in [0.05, 0.1) is 26.4 Å². The molecule has 1 rings (SSSR count). The number of halogens is 3. The molecule has 0 unspecified atom stereocenters. The minimum atomic E-state index is -4.91. The largest absolute Gasteiger partial charge is 0.458 e. The lowest BCUT2D eigenvalue weighted by Crippen LogP contribution is -2.53. The molecule has 0 spiro atoms. The van der Waals surface area contributed by atoms with Crippen LogP contribution >= 0.6 is 0 Å². The van der Waals surface area contributed by atoms with Gasteiger partial charge in [-0.05, 0) is 12.5 Å². The van der Waals surface area contributed by atoms with E-state index < -0.39 is 24.4 Å². The molecule has 1 aromatic carbocycles. The van der Waals surface area contributed by atoms with Crippen LogP contribution in [0.5, 0.6) is 0 Å². The molecule has 0 amide bonds. The number of carbonyl (C=O) groups is 1. The van der Waals surface area contributed by atoms with Gasteiger partial charge in [-0.1, -0.05) is 30.3 Å². The molecule has 1 atom stereocenters. The fourth-order valence-corrected chi connectivity index (χ4v) is 1.67. The van der Waals surface area contributed by atoms with Gasteiger partial charge in [-0.15, -0.1) is 0 Å². The summed E-state index contributed by atoms with van der Waals surface area (Å²) in [4.78, 5) is 11.9. The van der Waals surface area contributed by atoms with Crippen molar-refractivity contribution in [2.24, 2.45) is 0 Å². The molecule has 0 aliphatic rings. The van der Waals surface area contributed by atoms with E-state index >= 15 is 0 Å². The Labute approximate surface area is 138 Å². The van der Waals surface area contributed by atoms with Crippen molar-refractivity contribution in [2.45, 2.75) is 25.3 Å². The fourth-order valence-electron chi connectivity index (χ4n) is 1.67. The highest BCUT2D eigenvalue weighted by Crippen LogP contribution is 2.34. The second-order valence-electron chi connectivity index (χ2n) is 5.05. The minimum Gasteiger partial charge on any atom is -0.458 e. The van der Waals surface area contributed by atoms with Gasteiger partial charge in [-0.3, -0.25) is 0 Å². The highest BCUT2D eigenvalue weighted by atomic mass is 19.4. The van der Waals surface area contributed by atoms with E-state index in [1.807, 2.05) is 0 Å². The van der Waals surface area contributed by atoms with Crippen LogP contribution < -0.4 is 0 Å². The average molecular weight is 350 g/mol. The highest BCUT2D eigenvalue weighted by Gasteiger charge is 2.59. The van der Waals surface area contributed by atoms with Gasteiger partial charge in [0.15, 0.2) is 0 Å². The zero-order valence-corrected chi connectivity index (χ0v) is 13.6. The molecular formula is C16H21F3O5. The molecule has 0 saturated heterocycles. The first-order valence-electron chi connectivity index (χ1n) is 7.30. The van der Waals surface area contributed by atoms with Crippen molar-refractivity contribution in [3.05, 3.63) is 35.9 Å². The zero-order chi connectivity index (χ0) is 18.1. The summed E-state index contributed by atoms with van der Waals surface area (Å²) in [5.41, 5.74) is -2.47. The molecule has 0 aromatic heterocycles. The molecule has 5 nitrogen and oxygen atoms in total. The number of methoxy groups -OCH3 is 1. The Morgan fingerprint density at radius 1 is 1.04 bits per heavy atom. The lowest BCUT2D eigenvalue weighted by Gasteiger charge is -2.29. The van der Waals surface area contributed by atoms with Crippen LogP contribution in [0.4, 0.5) is 13.2 Å². The maximum absolute atomic E-state index is 13.2. The van der Waals surface area contributed by atoms with Crippen molar-refractivity contribution >= 4 is 5.97 Å². The molecular weight excluding hydrogens is 329 g/mol. The van der Waals surface area contributed by atoms with Gasteiger partial charge in [0, 0.05) is 7.11 Å². The number of carbonyl (C=O) groups excluding carboxylic acids is 1. The first-order chi connectivity index (χ1) is 11.3. The molecule has 0 aliphatic heterocycles. The van der Waals surface area contributed by atoms with Crippen LogP contribution in [0.1, 0.15) is 12.5 Å².